The van der Waals surface area contributed by atoms with E-state index in [-0.39, 0.29) is 34.1 Å². The van der Waals surface area contributed by atoms with Gasteiger partial charge in [-0.05, 0) is 50.6 Å². The summed E-state index contributed by atoms with van der Waals surface area (Å²) in [6.07, 6.45) is 1.94. The fraction of sp³-hybridized carbons (Fsp3) is 0.350. The second-order valence-corrected chi connectivity index (χ2v) is 8.00. The van der Waals surface area contributed by atoms with Crippen molar-refractivity contribution in [3.8, 4) is 0 Å². The first-order valence-corrected chi connectivity index (χ1v) is 10.0. The van der Waals surface area contributed by atoms with Gasteiger partial charge in [0.2, 0.25) is 5.78 Å². The highest BCUT2D eigenvalue weighted by atomic mass is 35.5. The van der Waals surface area contributed by atoms with Gasteiger partial charge < -0.3 is 5.11 Å². The van der Waals surface area contributed by atoms with E-state index in [4.69, 9.17) is 23.2 Å². The molecule has 1 unspecified atom stereocenters. The minimum atomic E-state index is -0.707. The van der Waals surface area contributed by atoms with Gasteiger partial charge in [-0.15, -0.1) is 0 Å². The molecule has 1 atom stereocenters. The summed E-state index contributed by atoms with van der Waals surface area (Å²) < 4.78 is 15.7. The van der Waals surface area contributed by atoms with Crippen LogP contribution in [0.3, 0.4) is 0 Å². The number of rotatable bonds is 5. The zero-order valence-corrected chi connectivity index (χ0v) is 17.2. The number of aryl methyl sites for hydroxylation is 1. The number of hydrogen-bond donors (Lipinski definition) is 1. The monoisotopic (exact) mass is 436 g/mol. The number of aliphatic hydroxyl groups excluding tert-OH is 1. The van der Waals surface area contributed by atoms with Gasteiger partial charge in [-0.3, -0.25) is 9.69 Å². The number of ketones is 1. The molecular weight excluding hydrogens is 418 g/mol. The smallest absolute Gasteiger partial charge is 0.216 e. The molecule has 4 rings (SSSR count). The summed E-state index contributed by atoms with van der Waals surface area (Å²) in [5, 5.41) is 14.2. The highest BCUT2D eigenvalue weighted by molar-refractivity contribution is 6.30. The van der Waals surface area contributed by atoms with E-state index in [2.05, 4.69) is 15.0 Å². The second-order valence-electron chi connectivity index (χ2n) is 7.18. The minimum absolute atomic E-state index is 0.0855. The molecule has 152 valence electrons. The molecule has 0 radical (unpaired) electrons. The minimum Gasteiger partial charge on any atom is -0.395 e. The Hall–Kier alpha value is -2.06. The fourth-order valence-corrected chi connectivity index (χ4v) is 4.23. The van der Waals surface area contributed by atoms with Crippen LogP contribution in [-0.4, -0.2) is 49.6 Å². The average molecular weight is 437 g/mol. The van der Waals surface area contributed by atoms with Crippen LogP contribution in [0.25, 0.3) is 5.65 Å². The first-order valence-electron chi connectivity index (χ1n) is 9.28. The number of carbonyl (C=O) groups excluding carboxylic acids is 1. The fourth-order valence-electron chi connectivity index (χ4n) is 3.86. The van der Waals surface area contributed by atoms with E-state index in [1.807, 2.05) is 0 Å². The maximum Gasteiger partial charge on any atom is 0.216 e. The summed E-state index contributed by atoms with van der Waals surface area (Å²) in [4.78, 5) is 19.8. The lowest BCUT2D eigenvalue weighted by Crippen LogP contribution is -2.31. The zero-order valence-electron chi connectivity index (χ0n) is 15.7. The van der Waals surface area contributed by atoms with Crippen molar-refractivity contribution in [2.75, 3.05) is 13.2 Å². The quantitative estimate of drug-likeness (QED) is 0.617. The van der Waals surface area contributed by atoms with Crippen LogP contribution in [0.2, 0.25) is 10.2 Å². The van der Waals surface area contributed by atoms with E-state index in [1.165, 1.54) is 16.6 Å². The van der Waals surface area contributed by atoms with Crippen molar-refractivity contribution in [3.05, 3.63) is 62.8 Å². The first kappa shape index (κ1) is 20.2. The molecule has 6 nitrogen and oxygen atoms in total. The van der Waals surface area contributed by atoms with Crippen LogP contribution in [-0.2, 0) is 6.54 Å². The van der Waals surface area contributed by atoms with Gasteiger partial charge in [0.05, 0.1) is 17.9 Å². The number of imidazole rings is 1. The number of aliphatic hydroxyl groups is 1. The molecule has 9 heteroatoms. The van der Waals surface area contributed by atoms with Gasteiger partial charge in [0, 0.05) is 23.2 Å². The third kappa shape index (κ3) is 3.75. The molecule has 29 heavy (non-hydrogen) atoms. The van der Waals surface area contributed by atoms with Crippen molar-refractivity contribution in [3.63, 3.8) is 0 Å². The number of aromatic nitrogens is 3. The molecule has 1 aliphatic heterocycles. The second kappa shape index (κ2) is 7.99. The van der Waals surface area contributed by atoms with Crippen molar-refractivity contribution >= 4 is 34.6 Å². The number of carbonyl (C=O) groups is 1. The Labute approximate surface area is 176 Å². The molecule has 1 aromatic carbocycles. The molecule has 0 saturated carbocycles. The molecule has 0 bridgehead atoms. The highest BCUT2D eigenvalue weighted by Crippen LogP contribution is 2.26. The van der Waals surface area contributed by atoms with Gasteiger partial charge in [0.1, 0.15) is 11.5 Å². The van der Waals surface area contributed by atoms with E-state index in [9.17, 15) is 14.3 Å². The van der Waals surface area contributed by atoms with E-state index in [0.29, 0.717) is 17.9 Å². The van der Waals surface area contributed by atoms with Crippen LogP contribution in [0.5, 0.6) is 0 Å². The molecule has 1 fully saturated rings. The summed E-state index contributed by atoms with van der Waals surface area (Å²) in [6.45, 7) is 3.15. The molecule has 0 aliphatic carbocycles. The molecule has 3 aromatic rings. The lowest BCUT2D eigenvalue weighted by Gasteiger charge is -2.22. The maximum atomic E-state index is 14.3. The summed E-state index contributed by atoms with van der Waals surface area (Å²) in [7, 11) is 0. The summed E-state index contributed by atoms with van der Waals surface area (Å²) in [5.41, 5.74) is 1.77. The third-order valence-electron chi connectivity index (χ3n) is 5.28. The van der Waals surface area contributed by atoms with E-state index < -0.39 is 11.6 Å². The number of hydrogen-bond acceptors (Lipinski definition) is 5. The lowest BCUT2D eigenvalue weighted by molar-refractivity contribution is 0.102. The van der Waals surface area contributed by atoms with Crippen molar-refractivity contribution in [2.24, 2.45) is 0 Å². The average Bonchev–Trinajstić information content (AvgIpc) is 3.24. The molecular formula is C20H19Cl2FN4O2. The van der Waals surface area contributed by atoms with Crippen molar-refractivity contribution in [1.82, 2.24) is 19.5 Å². The van der Waals surface area contributed by atoms with Gasteiger partial charge >= 0.3 is 0 Å². The Bertz CT molecular complexity index is 1100. The van der Waals surface area contributed by atoms with Gasteiger partial charge in [0.25, 0.3) is 0 Å². The van der Waals surface area contributed by atoms with Crippen LogP contribution >= 0.6 is 23.2 Å². The van der Waals surface area contributed by atoms with Crippen molar-refractivity contribution in [2.45, 2.75) is 32.4 Å². The molecule has 1 N–H and O–H groups in total. The third-order valence-corrected chi connectivity index (χ3v) is 5.70. The Morgan fingerprint density at radius 1 is 1.34 bits per heavy atom. The van der Waals surface area contributed by atoms with Crippen LogP contribution in [0.4, 0.5) is 4.39 Å². The molecule has 2 aromatic heterocycles. The topological polar surface area (TPSA) is 70.7 Å². The van der Waals surface area contributed by atoms with Gasteiger partial charge in [-0.2, -0.15) is 5.10 Å². The van der Waals surface area contributed by atoms with Crippen molar-refractivity contribution < 1.29 is 14.3 Å². The Balaban J connectivity index is 1.79. The number of likely N-dealkylation sites (tertiary alicyclic amines) is 1. The highest BCUT2D eigenvalue weighted by Gasteiger charge is 2.27. The molecule has 0 spiro atoms. The number of nitrogens with zero attached hydrogens (tertiary/aromatic N) is 4. The number of fused-ring (bicyclic) bond motifs is 1. The van der Waals surface area contributed by atoms with Crippen LogP contribution in [0.1, 0.15) is 40.2 Å². The zero-order chi connectivity index (χ0) is 20.7. The van der Waals surface area contributed by atoms with Gasteiger partial charge in [0.15, 0.2) is 10.8 Å². The van der Waals surface area contributed by atoms with Crippen LogP contribution < -0.4 is 0 Å². The predicted octanol–water partition coefficient (Wildman–Crippen LogP) is 3.67. The number of halogens is 3. The maximum absolute atomic E-state index is 14.3. The van der Waals surface area contributed by atoms with Gasteiger partial charge in [-0.1, -0.05) is 23.2 Å². The van der Waals surface area contributed by atoms with Crippen LogP contribution in [0, 0.1) is 12.7 Å². The van der Waals surface area contributed by atoms with E-state index >= 15 is 0 Å². The number of benzene rings is 1. The summed E-state index contributed by atoms with van der Waals surface area (Å²) in [5.74, 6) is -1.25. The molecule has 1 aliphatic rings. The Morgan fingerprint density at radius 2 is 2.14 bits per heavy atom. The standard InChI is InChI=1S/C20H19Cl2FN4O2/c1-11-18(19(29)15-5-4-13(21)8-16(15)23)27-20(24-11)12(7-17(22)25-27)9-26-6-2-3-14(26)10-28/h4-5,7-8,14,28H,2-3,6,9-10H2,1H3. The van der Waals surface area contributed by atoms with E-state index in [1.54, 1.807) is 13.0 Å². The summed E-state index contributed by atoms with van der Waals surface area (Å²) in [6, 6.07) is 5.71. The van der Waals surface area contributed by atoms with Crippen molar-refractivity contribution in [1.29, 1.82) is 0 Å². The SMILES string of the molecule is Cc1nc2c(CN3CCCC3CO)cc(Cl)nn2c1C(=O)c1ccc(Cl)cc1F. The predicted molar refractivity (Wildman–Crippen MR) is 108 cm³/mol. The normalized spacial score (nSPS) is 17.3. The lowest BCUT2D eigenvalue weighted by atomic mass is 10.1. The largest absolute Gasteiger partial charge is 0.395 e. The van der Waals surface area contributed by atoms with Gasteiger partial charge in [-0.25, -0.2) is 13.9 Å². The Morgan fingerprint density at radius 3 is 2.86 bits per heavy atom. The Kier molecular flexibility index (Phi) is 5.57. The molecule has 0 amide bonds. The molecule has 1 saturated heterocycles. The first-order chi connectivity index (χ1) is 13.9. The van der Waals surface area contributed by atoms with Crippen LogP contribution in [0.15, 0.2) is 24.3 Å². The summed E-state index contributed by atoms with van der Waals surface area (Å²) >= 11 is 12.0. The van der Waals surface area contributed by atoms with E-state index in [0.717, 1.165) is 31.0 Å². The molecule has 3 heterocycles.